The molecule has 18 heavy (non-hydrogen) atoms. The molecule has 1 aliphatic rings. The molecule has 0 bridgehead atoms. The predicted molar refractivity (Wildman–Crippen MR) is 72.8 cm³/mol. The average Bonchev–Trinajstić information content (AvgIpc) is 3.11. The molecule has 1 saturated carbocycles. The molecule has 1 amide bonds. The van der Waals surface area contributed by atoms with E-state index in [1.165, 1.54) is 0 Å². The highest BCUT2D eigenvalue weighted by molar-refractivity contribution is 5.92. The van der Waals surface area contributed by atoms with Gasteiger partial charge in [-0.2, -0.15) is 0 Å². The van der Waals surface area contributed by atoms with Crippen LogP contribution < -0.4 is 11.1 Å². The van der Waals surface area contributed by atoms with Crippen molar-refractivity contribution in [3.05, 3.63) is 29.8 Å². The van der Waals surface area contributed by atoms with Crippen molar-refractivity contribution in [2.24, 2.45) is 0 Å². The zero-order valence-electron chi connectivity index (χ0n) is 10.8. The van der Waals surface area contributed by atoms with Gasteiger partial charge in [0.15, 0.2) is 0 Å². The second-order valence-electron chi connectivity index (χ2n) is 5.43. The number of hydrogen-bond donors (Lipinski definition) is 2. The first kappa shape index (κ1) is 12.5. The summed E-state index contributed by atoms with van der Waals surface area (Å²) in [5.74, 6) is 2.59. The van der Waals surface area contributed by atoms with E-state index in [1.807, 2.05) is 38.1 Å². The van der Waals surface area contributed by atoms with Gasteiger partial charge in [0.1, 0.15) is 0 Å². The highest BCUT2D eigenvalue weighted by Gasteiger charge is 2.51. The van der Waals surface area contributed by atoms with Gasteiger partial charge in [-0.1, -0.05) is 18.1 Å². The summed E-state index contributed by atoms with van der Waals surface area (Å²) >= 11 is 0. The number of carbonyl (C=O) groups is 1. The number of carbonyl (C=O) groups excluding carboxylic acids is 1. The minimum Gasteiger partial charge on any atom is -0.399 e. The maximum Gasteiger partial charge on any atom is 0.231 e. The zero-order chi connectivity index (χ0) is 13.4. The summed E-state index contributed by atoms with van der Waals surface area (Å²) in [6, 6.07) is 7.50. The van der Waals surface area contributed by atoms with Crippen LogP contribution in [0.3, 0.4) is 0 Å². The van der Waals surface area contributed by atoms with E-state index in [0.717, 1.165) is 18.4 Å². The number of nitrogens with two attached hydrogens (primary N) is 1. The van der Waals surface area contributed by atoms with E-state index in [-0.39, 0.29) is 5.91 Å². The van der Waals surface area contributed by atoms with E-state index < -0.39 is 11.0 Å². The van der Waals surface area contributed by atoms with E-state index in [0.29, 0.717) is 5.69 Å². The van der Waals surface area contributed by atoms with Crippen molar-refractivity contribution in [1.29, 1.82) is 0 Å². The van der Waals surface area contributed by atoms with Gasteiger partial charge in [0, 0.05) is 5.69 Å². The molecule has 0 unspecified atom stereocenters. The summed E-state index contributed by atoms with van der Waals surface area (Å²) in [4.78, 5) is 12.3. The van der Waals surface area contributed by atoms with Crippen molar-refractivity contribution in [3.63, 3.8) is 0 Å². The van der Waals surface area contributed by atoms with Crippen LogP contribution in [0.5, 0.6) is 0 Å². The quantitative estimate of drug-likeness (QED) is 0.627. The molecule has 0 spiro atoms. The lowest BCUT2D eigenvalue weighted by Crippen LogP contribution is -2.47. The molecule has 3 nitrogen and oxygen atoms in total. The van der Waals surface area contributed by atoms with Crippen LogP contribution in [0.4, 0.5) is 5.69 Å². The first-order valence-electron chi connectivity index (χ1n) is 6.06. The Morgan fingerprint density at radius 1 is 1.39 bits per heavy atom. The van der Waals surface area contributed by atoms with Crippen molar-refractivity contribution < 1.29 is 4.79 Å². The summed E-state index contributed by atoms with van der Waals surface area (Å²) < 4.78 is 0. The minimum absolute atomic E-state index is 0.00946. The Balaban J connectivity index is 2.20. The van der Waals surface area contributed by atoms with Gasteiger partial charge in [0.25, 0.3) is 0 Å². The number of nitrogen functional groups attached to an aromatic ring is 1. The monoisotopic (exact) mass is 242 g/mol. The van der Waals surface area contributed by atoms with Crippen LogP contribution >= 0.6 is 0 Å². The van der Waals surface area contributed by atoms with Crippen molar-refractivity contribution in [1.82, 2.24) is 5.32 Å². The normalized spacial score (nSPS) is 16.7. The fraction of sp³-hybridized carbons (Fsp3) is 0.400. The second kappa shape index (κ2) is 4.06. The Morgan fingerprint density at radius 2 is 1.94 bits per heavy atom. The van der Waals surface area contributed by atoms with E-state index in [1.54, 1.807) is 0 Å². The van der Waals surface area contributed by atoms with Gasteiger partial charge in [-0.3, -0.25) is 4.79 Å². The first-order chi connectivity index (χ1) is 8.39. The zero-order valence-corrected chi connectivity index (χ0v) is 10.8. The van der Waals surface area contributed by atoms with Gasteiger partial charge in [-0.15, -0.1) is 6.42 Å². The van der Waals surface area contributed by atoms with Crippen molar-refractivity contribution in [3.8, 4) is 12.3 Å². The Bertz CT molecular complexity index is 504. The van der Waals surface area contributed by atoms with Gasteiger partial charge in [0.05, 0.1) is 11.0 Å². The third kappa shape index (κ3) is 2.19. The molecule has 1 aromatic carbocycles. The molecule has 0 radical (unpaired) electrons. The maximum absolute atomic E-state index is 12.3. The third-order valence-electron chi connectivity index (χ3n) is 3.43. The molecule has 0 heterocycles. The van der Waals surface area contributed by atoms with E-state index in [4.69, 9.17) is 12.2 Å². The Hall–Kier alpha value is -1.95. The number of rotatable bonds is 3. The van der Waals surface area contributed by atoms with Crippen molar-refractivity contribution in [2.75, 3.05) is 5.73 Å². The predicted octanol–water partition coefficient (Wildman–Crippen LogP) is 1.83. The van der Waals surface area contributed by atoms with E-state index in [2.05, 4.69) is 11.2 Å². The minimum atomic E-state index is -0.611. The number of amides is 1. The smallest absolute Gasteiger partial charge is 0.231 e. The molecule has 3 heteroatoms. The van der Waals surface area contributed by atoms with Gasteiger partial charge in [-0.25, -0.2) is 0 Å². The molecule has 1 aliphatic carbocycles. The number of nitrogens with one attached hydrogen (secondary N) is 1. The van der Waals surface area contributed by atoms with Crippen LogP contribution in [0.2, 0.25) is 0 Å². The number of hydrogen-bond acceptors (Lipinski definition) is 2. The molecule has 0 aromatic heterocycles. The van der Waals surface area contributed by atoms with Gasteiger partial charge < -0.3 is 11.1 Å². The summed E-state index contributed by atoms with van der Waals surface area (Å²) in [6.07, 6.45) is 7.12. The number of benzene rings is 1. The van der Waals surface area contributed by atoms with Crippen LogP contribution in [0, 0.1) is 12.3 Å². The maximum atomic E-state index is 12.3. The molecule has 0 aliphatic heterocycles. The van der Waals surface area contributed by atoms with Crippen LogP contribution in [-0.2, 0) is 10.2 Å². The molecule has 1 aromatic rings. The third-order valence-corrected chi connectivity index (χ3v) is 3.43. The molecule has 1 fully saturated rings. The molecule has 94 valence electrons. The Labute approximate surface area is 108 Å². The Morgan fingerprint density at radius 3 is 2.39 bits per heavy atom. The van der Waals surface area contributed by atoms with Gasteiger partial charge in [0.2, 0.25) is 5.91 Å². The van der Waals surface area contributed by atoms with Gasteiger partial charge >= 0.3 is 0 Å². The highest BCUT2D eigenvalue weighted by atomic mass is 16.2. The topological polar surface area (TPSA) is 55.1 Å². The number of anilines is 1. The lowest BCUT2D eigenvalue weighted by Gasteiger charge is -2.24. The molecule has 3 N–H and O–H groups in total. The van der Waals surface area contributed by atoms with Gasteiger partial charge in [-0.05, 0) is 44.4 Å². The molecular weight excluding hydrogens is 224 g/mol. The van der Waals surface area contributed by atoms with Crippen LogP contribution in [0.1, 0.15) is 32.3 Å². The number of terminal acetylenes is 1. The van der Waals surface area contributed by atoms with Crippen LogP contribution in [-0.4, -0.2) is 11.4 Å². The summed E-state index contributed by atoms with van der Waals surface area (Å²) in [7, 11) is 0. The van der Waals surface area contributed by atoms with Crippen molar-refractivity contribution in [2.45, 2.75) is 37.6 Å². The fourth-order valence-electron chi connectivity index (χ4n) is 2.01. The SMILES string of the molecule is C#CC(C)(C)NC(=O)C1(c2ccc(N)cc2)CC1. The lowest BCUT2D eigenvalue weighted by molar-refractivity contribution is -0.124. The Kier molecular flexibility index (Phi) is 2.82. The standard InChI is InChI=1S/C15H18N2O/c1-4-14(2,3)17-13(18)15(9-10-15)11-5-7-12(16)8-6-11/h1,5-8H,9-10,16H2,2-3H3,(H,17,18). The molecule has 2 rings (SSSR count). The summed E-state index contributed by atoms with van der Waals surface area (Å²) in [5.41, 5.74) is 6.37. The highest BCUT2D eigenvalue weighted by Crippen LogP contribution is 2.48. The van der Waals surface area contributed by atoms with Crippen LogP contribution in [0.15, 0.2) is 24.3 Å². The first-order valence-corrected chi connectivity index (χ1v) is 6.06. The lowest BCUT2D eigenvalue weighted by atomic mass is 9.93. The molecule has 0 atom stereocenters. The molecular formula is C15H18N2O. The summed E-state index contributed by atoms with van der Waals surface area (Å²) in [6.45, 7) is 3.65. The largest absolute Gasteiger partial charge is 0.399 e. The summed E-state index contributed by atoms with van der Waals surface area (Å²) in [5, 5.41) is 2.92. The van der Waals surface area contributed by atoms with Crippen LogP contribution in [0.25, 0.3) is 0 Å². The molecule has 0 saturated heterocycles. The average molecular weight is 242 g/mol. The van der Waals surface area contributed by atoms with E-state index >= 15 is 0 Å². The second-order valence-corrected chi connectivity index (χ2v) is 5.43. The fourth-order valence-corrected chi connectivity index (χ4v) is 2.01. The van der Waals surface area contributed by atoms with Crippen molar-refractivity contribution >= 4 is 11.6 Å². The van der Waals surface area contributed by atoms with E-state index in [9.17, 15) is 4.79 Å².